The topological polar surface area (TPSA) is 66.6 Å². The molecule has 2 unspecified atom stereocenters. The second kappa shape index (κ2) is 5.23. The van der Waals surface area contributed by atoms with Crippen molar-refractivity contribution in [2.24, 2.45) is 0 Å². The Morgan fingerprint density at radius 2 is 1.90 bits per heavy atom. The number of hydrogen-bond donors (Lipinski definition) is 1. The van der Waals surface area contributed by atoms with Crippen molar-refractivity contribution < 1.29 is 12.8 Å². The maximum Gasteiger partial charge on any atom is 0.243 e. The van der Waals surface area contributed by atoms with E-state index in [1.807, 2.05) is 0 Å². The Morgan fingerprint density at radius 1 is 1.19 bits per heavy atom. The monoisotopic (exact) mass is 313 g/mol. The third-order valence-corrected chi connectivity index (χ3v) is 6.49. The third kappa shape index (κ3) is 2.65. The molecule has 5 nitrogen and oxygen atoms in total. The number of benzene rings is 1. The molecule has 2 N–H and O–H groups in total. The highest BCUT2D eigenvalue weighted by Crippen LogP contribution is 2.31. The molecule has 0 saturated carbocycles. The van der Waals surface area contributed by atoms with Crippen LogP contribution in [-0.4, -0.2) is 49.8 Å². The zero-order valence-electron chi connectivity index (χ0n) is 12.0. The van der Waals surface area contributed by atoms with Crippen molar-refractivity contribution in [3.05, 3.63) is 24.0 Å². The van der Waals surface area contributed by atoms with E-state index >= 15 is 0 Å². The van der Waals surface area contributed by atoms with E-state index in [0.29, 0.717) is 19.1 Å². The molecule has 116 valence electrons. The van der Waals surface area contributed by atoms with E-state index in [9.17, 15) is 12.8 Å². The van der Waals surface area contributed by atoms with Gasteiger partial charge in [0.05, 0.1) is 4.90 Å². The Balaban J connectivity index is 1.91. The summed E-state index contributed by atoms with van der Waals surface area (Å²) in [6, 6.07) is 4.19. The first-order chi connectivity index (χ1) is 9.88. The molecule has 2 aliphatic rings. The molecule has 2 fully saturated rings. The lowest BCUT2D eigenvalue weighted by molar-refractivity contribution is 0.246. The Morgan fingerprint density at radius 3 is 2.62 bits per heavy atom. The van der Waals surface area contributed by atoms with Crippen molar-refractivity contribution in [2.75, 3.05) is 25.9 Å². The normalized spacial score (nSPS) is 27.7. The Kier molecular flexibility index (Phi) is 3.67. The number of sulfonamides is 1. The lowest BCUT2D eigenvalue weighted by atomic mass is 10.1. The standard InChI is InChI=1S/C14H20FN3O2S/c1-17-12-2-3-13(17)9-18(5-4-12)21(19,20)14-7-10(15)6-11(16)8-14/h6-8,12-13H,2-5,9,16H2,1H3. The predicted molar refractivity (Wildman–Crippen MR) is 78.8 cm³/mol. The lowest BCUT2D eigenvalue weighted by Gasteiger charge is -2.25. The number of nitrogen functional groups attached to an aromatic ring is 1. The van der Waals surface area contributed by atoms with E-state index in [1.165, 1.54) is 10.4 Å². The van der Waals surface area contributed by atoms with Crippen LogP contribution < -0.4 is 5.73 Å². The molecule has 0 aliphatic carbocycles. The van der Waals surface area contributed by atoms with Gasteiger partial charge in [0.2, 0.25) is 10.0 Å². The number of anilines is 1. The number of likely N-dealkylation sites (N-methyl/N-ethyl adjacent to an activating group) is 1. The summed E-state index contributed by atoms with van der Waals surface area (Å²) in [4.78, 5) is 2.22. The molecule has 1 aromatic rings. The minimum Gasteiger partial charge on any atom is -0.399 e. The van der Waals surface area contributed by atoms with Crippen LogP contribution in [0.5, 0.6) is 0 Å². The fraction of sp³-hybridized carbons (Fsp3) is 0.571. The third-order valence-electron chi connectivity index (χ3n) is 4.64. The summed E-state index contributed by atoms with van der Waals surface area (Å²) in [6.45, 7) is 0.940. The number of nitrogens with two attached hydrogens (primary N) is 1. The first-order valence-corrected chi connectivity index (χ1v) is 8.60. The fourth-order valence-electron chi connectivity index (χ4n) is 3.38. The smallest absolute Gasteiger partial charge is 0.243 e. The highest BCUT2D eigenvalue weighted by atomic mass is 32.2. The second-order valence-corrected chi connectivity index (χ2v) is 7.86. The summed E-state index contributed by atoms with van der Waals surface area (Å²) >= 11 is 0. The molecule has 7 heteroatoms. The number of rotatable bonds is 2. The van der Waals surface area contributed by atoms with Gasteiger partial charge >= 0.3 is 0 Å². The first-order valence-electron chi connectivity index (χ1n) is 7.16. The number of nitrogens with zero attached hydrogens (tertiary/aromatic N) is 2. The van der Waals surface area contributed by atoms with Crippen molar-refractivity contribution in [3.63, 3.8) is 0 Å². The van der Waals surface area contributed by atoms with Crippen molar-refractivity contribution in [1.29, 1.82) is 0 Å². The molecule has 2 atom stereocenters. The molecular weight excluding hydrogens is 293 g/mol. The molecule has 1 aromatic carbocycles. The van der Waals surface area contributed by atoms with Crippen LogP contribution in [0.1, 0.15) is 19.3 Å². The van der Waals surface area contributed by atoms with E-state index in [-0.39, 0.29) is 16.6 Å². The molecule has 0 radical (unpaired) electrons. The average Bonchev–Trinajstić information content (AvgIpc) is 2.61. The van der Waals surface area contributed by atoms with E-state index in [0.717, 1.165) is 31.4 Å². The van der Waals surface area contributed by atoms with E-state index < -0.39 is 15.8 Å². The average molecular weight is 313 g/mol. The van der Waals surface area contributed by atoms with Gasteiger partial charge in [-0.1, -0.05) is 0 Å². The molecule has 3 rings (SSSR count). The molecule has 21 heavy (non-hydrogen) atoms. The Bertz CT molecular complexity index is 629. The molecule has 2 saturated heterocycles. The minimum atomic E-state index is -3.69. The van der Waals surface area contributed by atoms with Crippen LogP contribution in [0.25, 0.3) is 0 Å². The van der Waals surface area contributed by atoms with Gasteiger partial charge in [0, 0.05) is 30.9 Å². The van der Waals surface area contributed by atoms with Gasteiger partial charge < -0.3 is 5.73 Å². The Hall–Kier alpha value is -1.18. The molecule has 0 aromatic heterocycles. The van der Waals surface area contributed by atoms with Crippen LogP contribution in [0.4, 0.5) is 10.1 Å². The van der Waals surface area contributed by atoms with Gasteiger partial charge in [-0.05, 0) is 44.5 Å². The van der Waals surface area contributed by atoms with Gasteiger partial charge in [-0.25, -0.2) is 12.8 Å². The van der Waals surface area contributed by atoms with Gasteiger partial charge in [0.1, 0.15) is 5.82 Å². The van der Waals surface area contributed by atoms with Crippen molar-refractivity contribution in [2.45, 2.75) is 36.2 Å². The van der Waals surface area contributed by atoms with Gasteiger partial charge in [-0.15, -0.1) is 0 Å². The lowest BCUT2D eigenvalue weighted by Crippen LogP contribution is -2.39. The summed E-state index contributed by atoms with van der Waals surface area (Å²) in [5.41, 5.74) is 5.69. The molecule has 2 bridgehead atoms. The van der Waals surface area contributed by atoms with Gasteiger partial charge in [0.25, 0.3) is 0 Å². The summed E-state index contributed by atoms with van der Waals surface area (Å²) in [7, 11) is -1.64. The van der Waals surface area contributed by atoms with Gasteiger partial charge in [0.15, 0.2) is 0 Å². The van der Waals surface area contributed by atoms with Crippen molar-refractivity contribution in [1.82, 2.24) is 9.21 Å². The van der Waals surface area contributed by atoms with Crippen LogP contribution >= 0.6 is 0 Å². The molecule has 2 heterocycles. The molecular formula is C14H20FN3O2S. The quantitative estimate of drug-likeness (QED) is 0.835. The Labute approximate surface area is 124 Å². The van der Waals surface area contributed by atoms with Gasteiger partial charge in [-0.3, -0.25) is 4.90 Å². The van der Waals surface area contributed by atoms with E-state index in [1.54, 1.807) is 0 Å². The summed E-state index contributed by atoms with van der Waals surface area (Å²) in [5, 5.41) is 0. The number of fused-ring (bicyclic) bond motifs is 2. The molecule has 2 aliphatic heterocycles. The zero-order valence-corrected chi connectivity index (χ0v) is 12.8. The summed E-state index contributed by atoms with van der Waals surface area (Å²) in [5.74, 6) is -0.623. The first kappa shape index (κ1) is 14.7. The second-order valence-electron chi connectivity index (χ2n) is 5.92. The summed E-state index contributed by atoms with van der Waals surface area (Å²) in [6.07, 6.45) is 2.96. The van der Waals surface area contributed by atoms with Crippen LogP contribution in [0.3, 0.4) is 0 Å². The molecule has 0 spiro atoms. The van der Waals surface area contributed by atoms with E-state index in [2.05, 4.69) is 11.9 Å². The highest BCUT2D eigenvalue weighted by molar-refractivity contribution is 7.89. The molecule has 0 amide bonds. The summed E-state index contributed by atoms with van der Waals surface area (Å²) < 4.78 is 40.3. The highest BCUT2D eigenvalue weighted by Gasteiger charge is 2.38. The fourth-order valence-corrected chi connectivity index (χ4v) is 4.94. The van der Waals surface area contributed by atoms with E-state index in [4.69, 9.17) is 5.73 Å². The number of halogens is 1. The van der Waals surface area contributed by atoms with Crippen LogP contribution in [0.15, 0.2) is 23.1 Å². The van der Waals surface area contributed by atoms with Crippen LogP contribution in [0, 0.1) is 5.82 Å². The zero-order chi connectivity index (χ0) is 15.2. The SMILES string of the molecule is CN1C2CCC1CN(S(=O)(=O)c1cc(N)cc(F)c1)CC2. The predicted octanol–water partition coefficient (Wildman–Crippen LogP) is 1.27. The van der Waals surface area contributed by atoms with Crippen LogP contribution in [0.2, 0.25) is 0 Å². The van der Waals surface area contributed by atoms with Gasteiger partial charge in [-0.2, -0.15) is 4.31 Å². The maximum atomic E-state index is 13.4. The van der Waals surface area contributed by atoms with Crippen molar-refractivity contribution >= 4 is 15.7 Å². The van der Waals surface area contributed by atoms with Crippen LogP contribution in [-0.2, 0) is 10.0 Å². The van der Waals surface area contributed by atoms with Crippen molar-refractivity contribution in [3.8, 4) is 0 Å². The number of hydrogen-bond acceptors (Lipinski definition) is 4. The maximum absolute atomic E-state index is 13.4. The minimum absolute atomic E-state index is 0.0552. The largest absolute Gasteiger partial charge is 0.399 e.